The van der Waals surface area contributed by atoms with E-state index in [9.17, 15) is 9.59 Å². The van der Waals surface area contributed by atoms with Crippen LogP contribution in [-0.4, -0.2) is 33.4 Å². The fraction of sp³-hybridized carbons (Fsp3) is 0.692. The summed E-state index contributed by atoms with van der Waals surface area (Å²) >= 11 is 2.75. The molecule has 2 N–H and O–H groups in total. The number of imide groups is 1. The fourth-order valence-electron chi connectivity index (χ4n) is 2.21. The SMILES string of the molecule is Cc1nnc(SC(C)C(=O)NC(=O)NC2CCCCC2)s1. The third-order valence-electron chi connectivity index (χ3n) is 3.33. The van der Waals surface area contributed by atoms with E-state index in [0.717, 1.165) is 35.0 Å². The molecule has 1 aromatic rings. The number of hydrogen-bond acceptors (Lipinski definition) is 6. The second-order valence-corrected chi connectivity index (χ2v) is 7.91. The highest BCUT2D eigenvalue weighted by atomic mass is 32.2. The Balaban J connectivity index is 1.75. The van der Waals surface area contributed by atoms with Crippen molar-refractivity contribution in [3.63, 3.8) is 0 Å². The molecule has 1 fully saturated rings. The monoisotopic (exact) mass is 328 g/mol. The summed E-state index contributed by atoms with van der Waals surface area (Å²) in [5, 5.41) is 13.6. The van der Waals surface area contributed by atoms with Crippen molar-refractivity contribution in [3.05, 3.63) is 5.01 Å². The van der Waals surface area contributed by atoms with Gasteiger partial charge in [-0.15, -0.1) is 10.2 Å². The van der Waals surface area contributed by atoms with E-state index >= 15 is 0 Å². The molecule has 8 heteroatoms. The molecule has 3 amide bonds. The van der Waals surface area contributed by atoms with Gasteiger partial charge in [-0.05, 0) is 26.7 Å². The van der Waals surface area contributed by atoms with Crippen LogP contribution in [0.2, 0.25) is 0 Å². The molecule has 2 rings (SSSR count). The minimum atomic E-state index is -0.396. The molecule has 1 heterocycles. The van der Waals surface area contributed by atoms with Crippen LogP contribution in [0.1, 0.15) is 44.0 Å². The number of urea groups is 1. The number of aryl methyl sites for hydroxylation is 1. The number of carbonyl (C=O) groups is 2. The van der Waals surface area contributed by atoms with E-state index < -0.39 is 6.03 Å². The molecular formula is C13H20N4O2S2. The van der Waals surface area contributed by atoms with Gasteiger partial charge in [0.1, 0.15) is 5.01 Å². The number of rotatable bonds is 4. The Hall–Kier alpha value is -1.15. The van der Waals surface area contributed by atoms with Crippen LogP contribution >= 0.6 is 23.1 Å². The van der Waals surface area contributed by atoms with Gasteiger partial charge < -0.3 is 5.32 Å². The molecule has 0 radical (unpaired) electrons. The maximum atomic E-state index is 12.0. The normalized spacial score (nSPS) is 17.2. The molecule has 1 aliphatic rings. The molecule has 1 saturated carbocycles. The number of nitrogens with one attached hydrogen (secondary N) is 2. The van der Waals surface area contributed by atoms with Crippen LogP contribution in [0.4, 0.5) is 4.79 Å². The predicted molar refractivity (Wildman–Crippen MR) is 83.5 cm³/mol. The maximum absolute atomic E-state index is 12.0. The van der Waals surface area contributed by atoms with Crippen LogP contribution in [-0.2, 0) is 4.79 Å². The first-order valence-electron chi connectivity index (χ1n) is 7.12. The van der Waals surface area contributed by atoms with Crippen LogP contribution < -0.4 is 10.6 Å². The molecule has 21 heavy (non-hydrogen) atoms. The molecule has 1 aromatic heterocycles. The summed E-state index contributed by atoms with van der Waals surface area (Å²) < 4.78 is 0.739. The van der Waals surface area contributed by atoms with Crippen molar-refractivity contribution in [3.8, 4) is 0 Å². The third kappa shape index (κ3) is 5.28. The van der Waals surface area contributed by atoms with Crippen molar-refractivity contribution in [1.29, 1.82) is 0 Å². The first-order chi connectivity index (χ1) is 10.0. The lowest BCUT2D eigenvalue weighted by Gasteiger charge is -2.22. The molecule has 0 aromatic carbocycles. The second-order valence-electron chi connectivity index (χ2n) is 5.14. The first-order valence-corrected chi connectivity index (χ1v) is 8.82. The third-order valence-corrected chi connectivity index (χ3v) is 5.35. The number of thioether (sulfide) groups is 1. The molecule has 0 saturated heterocycles. The van der Waals surface area contributed by atoms with Gasteiger partial charge in [0.2, 0.25) is 5.91 Å². The van der Waals surface area contributed by atoms with Gasteiger partial charge in [0.15, 0.2) is 4.34 Å². The molecule has 0 aliphatic heterocycles. The summed E-state index contributed by atoms with van der Waals surface area (Å²) in [7, 11) is 0. The summed E-state index contributed by atoms with van der Waals surface area (Å²) in [4.78, 5) is 23.8. The number of hydrogen-bond donors (Lipinski definition) is 2. The minimum Gasteiger partial charge on any atom is -0.335 e. The highest BCUT2D eigenvalue weighted by Gasteiger charge is 2.21. The van der Waals surface area contributed by atoms with E-state index in [0.29, 0.717) is 0 Å². The van der Waals surface area contributed by atoms with E-state index in [1.807, 2.05) is 6.92 Å². The zero-order chi connectivity index (χ0) is 15.2. The van der Waals surface area contributed by atoms with E-state index in [-0.39, 0.29) is 17.2 Å². The molecule has 1 aliphatic carbocycles. The van der Waals surface area contributed by atoms with Gasteiger partial charge in [-0.1, -0.05) is 42.4 Å². The van der Waals surface area contributed by atoms with Gasteiger partial charge in [-0.25, -0.2) is 4.79 Å². The summed E-state index contributed by atoms with van der Waals surface area (Å²) in [6.45, 7) is 3.62. The highest BCUT2D eigenvalue weighted by Crippen LogP contribution is 2.26. The molecule has 1 atom stereocenters. The number of amides is 3. The lowest BCUT2D eigenvalue weighted by Crippen LogP contribution is -2.47. The van der Waals surface area contributed by atoms with Crippen LogP contribution in [0.25, 0.3) is 0 Å². The van der Waals surface area contributed by atoms with Crippen molar-refractivity contribution in [2.45, 2.75) is 61.6 Å². The molecule has 1 unspecified atom stereocenters. The second kappa shape index (κ2) is 7.74. The van der Waals surface area contributed by atoms with Crippen LogP contribution in [0.15, 0.2) is 4.34 Å². The Bertz CT molecular complexity index is 500. The van der Waals surface area contributed by atoms with Crippen molar-refractivity contribution in [2.24, 2.45) is 0 Å². The fourth-order valence-corrected chi connectivity index (χ4v) is 4.17. The summed E-state index contributed by atoms with van der Waals surface area (Å²) in [6.07, 6.45) is 5.50. The minimum absolute atomic E-state index is 0.195. The summed E-state index contributed by atoms with van der Waals surface area (Å²) in [6, 6.07) is -0.201. The highest BCUT2D eigenvalue weighted by molar-refractivity contribution is 8.02. The molecular weight excluding hydrogens is 308 g/mol. The Labute approximate surface area is 132 Å². The van der Waals surface area contributed by atoms with E-state index in [1.54, 1.807) is 6.92 Å². The van der Waals surface area contributed by atoms with Crippen LogP contribution in [0.5, 0.6) is 0 Å². The smallest absolute Gasteiger partial charge is 0.321 e. The van der Waals surface area contributed by atoms with Gasteiger partial charge in [-0.2, -0.15) is 0 Å². The van der Waals surface area contributed by atoms with Gasteiger partial charge in [-0.3, -0.25) is 10.1 Å². The van der Waals surface area contributed by atoms with Crippen LogP contribution in [0.3, 0.4) is 0 Å². The van der Waals surface area contributed by atoms with E-state index in [1.165, 1.54) is 29.5 Å². The summed E-state index contributed by atoms with van der Waals surface area (Å²) in [5.41, 5.74) is 0. The van der Waals surface area contributed by atoms with E-state index in [4.69, 9.17) is 0 Å². The lowest BCUT2D eigenvalue weighted by molar-refractivity contribution is -0.119. The number of aromatic nitrogens is 2. The topological polar surface area (TPSA) is 84.0 Å². The van der Waals surface area contributed by atoms with E-state index in [2.05, 4.69) is 20.8 Å². The lowest BCUT2D eigenvalue weighted by atomic mass is 9.96. The Morgan fingerprint density at radius 2 is 2.00 bits per heavy atom. The zero-order valence-corrected chi connectivity index (χ0v) is 13.9. The average molecular weight is 328 g/mol. The average Bonchev–Trinajstić information content (AvgIpc) is 2.85. The Kier molecular flexibility index (Phi) is 5.98. The largest absolute Gasteiger partial charge is 0.335 e. The van der Waals surface area contributed by atoms with Gasteiger partial charge in [0.05, 0.1) is 5.25 Å². The van der Waals surface area contributed by atoms with Crippen LogP contribution in [0, 0.1) is 6.92 Å². The Morgan fingerprint density at radius 3 is 2.62 bits per heavy atom. The quantitative estimate of drug-likeness (QED) is 0.830. The molecule has 6 nitrogen and oxygen atoms in total. The van der Waals surface area contributed by atoms with Crippen molar-refractivity contribution in [2.75, 3.05) is 0 Å². The molecule has 116 valence electrons. The van der Waals surface area contributed by atoms with Crippen molar-refractivity contribution < 1.29 is 9.59 Å². The van der Waals surface area contributed by atoms with Gasteiger partial charge >= 0.3 is 6.03 Å². The van der Waals surface area contributed by atoms with Gasteiger partial charge in [0, 0.05) is 6.04 Å². The number of carbonyl (C=O) groups excluding carboxylic acids is 2. The predicted octanol–water partition coefficient (Wildman–Crippen LogP) is 2.49. The molecule has 0 spiro atoms. The van der Waals surface area contributed by atoms with Gasteiger partial charge in [0.25, 0.3) is 0 Å². The standard InChI is InChI=1S/C13H20N4O2S2/c1-8(20-13-17-16-9(2)21-13)11(18)15-12(19)14-10-6-4-3-5-7-10/h8,10H,3-7H2,1-2H3,(H2,14,15,18,19). The maximum Gasteiger partial charge on any atom is 0.321 e. The van der Waals surface area contributed by atoms with Crippen molar-refractivity contribution in [1.82, 2.24) is 20.8 Å². The first kappa shape index (κ1) is 16.2. The summed E-state index contributed by atoms with van der Waals surface area (Å²) in [5.74, 6) is -0.304. The Morgan fingerprint density at radius 1 is 1.29 bits per heavy atom. The zero-order valence-electron chi connectivity index (χ0n) is 12.2. The number of nitrogens with zero attached hydrogens (tertiary/aromatic N) is 2. The molecule has 0 bridgehead atoms. The van der Waals surface area contributed by atoms with Crippen molar-refractivity contribution >= 4 is 35.0 Å².